The summed E-state index contributed by atoms with van der Waals surface area (Å²) >= 11 is 0. The summed E-state index contributed by atoms with van der Waals surface area (Å²) in [6.07, 6.45) is 12.3. The predicted octanol–water partition coefficient (Wildman–Crippen LogP) is 3.65. The lowest BCUT2D eigenvalue weighted by Crippen LogP contribution is -2.51. The van der Waals surface area contributed by atoms with Crippen molar-refractivity contribution in [1.82, 2.24) is 10.6 Å². The van der Waals surface area contributed by atoms with Crippen molar-refractivity contribution >= 4 is 29.9 Å². The Morgan fingerprint density at radius 1 is 1.18 bits per heavy atom. The topological polar surface area (TPSA) is 68.0 Å². The number of rotatable bonds is 6. The van der Waals surface area contributed by atoms with Crippen LogP contribution in [0.3, 0.4) is 0 Å². The SMILES string of the molecule is I.c1coc(CCNC(=NCC2CCCO2)NC2CCOC3(CCCC3)C2)c1. The number of ether oxygens (including phenoxy) is 2. The third-order valence-corrected chi connectivity index (χ3v) is 6.07. The molecule has 3 heterocycles. The fourth-order valence-electron chi connectivity index (χ4n) is 4.61. The lowest BCUT2D eigenvalue weighted by molar-refractivity contribution is -0.0815. The zero-order valence-electron chi connectivity index (χ0n) is 16.7. The Bertz CT molecular complexity index is 596. The fourth-order valence-corrected chi connectivity index (χ4v) is 4.61. The van der Waals surface area contributed by atoms with Crippen LogP contribution in [0.2, 0.25) is 0 Å². The minimum absolute atomic E-state index is 0. The first kappa shape index (κ1) is 21.9. The minimum Gasteiger partial charge on any atom is -0.469 e. The Balaban J connectivity index is 0.00000225. The predicted molar refractivity (Wildman–Crippen MR) is 120 cm³/mol. The number of hydrogen-bond acceptors (Lipinski definition) is 4. The molecule has 1 aromatic rings. The van der Waals surface area contributed by atoms with E-state index >= 15 is 0 Å². The van der Waals surface area contributed by atoms with Gasteiger partial charge in [-0.25, -0.2) is 0 Å². The Morgan fingerprint density at radius 3 is 2.82 bits per heavy atom. The van der Waals surface area contributed by atoms with Crippen LogP contribution in [-0.4, -0.2) is 50.0 Å². The molecule has 1 saturated carbocycles. The maximum atomic E-state index is 6.18. The monoisotopic (exact) mass is 503 g/mol. The van der Waals surface area contributed by atoms with E-state index in [-0.39, 0.29) is 35.7 Å². The van der Waals surface area contributed by atoms with Gasteiger partial charge in [0, 0.05) is 32.2 Å². The normalized spacial score (nSPS) is 26.9. The van der Waals surface area contributed by atoms with Crippen LogP contribution in [0.15, 0.2) is 27.8 Å². The summed E-state index contributed by atoms with van der Waals surface area (Å²) in [5.41, 5.74) is 0.115. The lowest BCUT2D eigenvalue weighted by Gasteiger charge is -2.39. The van der Waals surface area contributed by atoms with Gasteiger partial charge in [-0.2, -0.15) is 0 Å². The van der Waals surface area contributed by atoms with Crippen molar-refractivity contribution < 1.29 is 13.9 Å². The number of halogens is 1. The van der Waals surface area contributed by atoms with E-state index in [1.165, 1.54) is 25.7 Å². The van der Waals surface area contributed by atoms with E-state index in [1.54, 1.807) is 6.26 Å². The summed E-state index contributed by atoms with van der Waals surface area (Å²) in [6.45, 7) is 3.25. The van der Waals surface area contributed by atoms with Crippen LogP contribution in [0.5, 0.6) is 0 Å². The van der Waals surface area contributed by atoms with Crippen LogP contribution in [0.25, 0.3) is 0 Å². The maximum Gasteiger partial charge on any atom is 0.191 e. The van der Waals surface area contributed by atoms with Crippen molar-refractivity contribution in [3.8, 4) is 0 Å². The summed E-state index contributed by atoms with van der Waals surface area (Å²) < 4.78 is 17.3. The number of aliphatic imine (C=N–C) groups is 1. The van der Waals surface area contributed by atoms with Gasteiger partial charge in [0.1, 0.15) is 5.76 Å². The fraction of sp³-hybridized carbons (Fsp3) is 0.762. The number of nitrogens with one attached hydrogen (secondary N) is 2. The zero-order chi connectivity index (χ0) is 18.4. The highest BCUT2D eigenvalue weighted by molar-refractivity contribution is 14.0. The van der Waals surface area contributed by atoms with E-state index in [0.717, 1.165) is 70.1 Å². The summed E-state index contributed by atoms with van der Waals surface area (Å²) in [5, 5.41) is 7.17. The van der Waals surface area contributed by atoms with E-state index < -0.39 is 0 Å². The minimum atomic E-state index is 0. The summed E-state index contributed by atoms with van der Waals surface area (Å²) in [4.78, 5) is 4.83. The number of furan rings is 1. The van der Waals surface area contributed by atoms with Crippen LogP contribution in [0, 0.1) is 0 Å². The molecule has 0 amide bonds. The summed E-state index contributed by atoms with van der Waals surface area (Å²) in [7, 11) is 0. The van der Waals surface area contributed by atoms with Crippen LogP contribution in [0.1, 0.15) is 57.1 Å². The molecule has 28 heavy (non-hydrogen) atoms. The molecule has 158 valence electrons. The number of hydrogen-bond donors (Lipinski definition) is 2. The first-order valence-corrected chi connectivity index (χ1v) is 10.6. The first-order valence-electron chi connectivity index (χ1n) is 10.6. The third kappa shape index (κ3) is 6.10. The van der Waals surface area contributed by atoms with Gasteiger partial charge in [-0.05, 0) is 50.7 Å². The number of guanidine groups is 1. The van der Waals surface area contributed by atoms with Crippen molar-refractivity contribution in [2.75, 3.05) is 26.3 Å². The van der Waals surface area contributed by atoms with Gasteiger partial charge < -0.3 is 24.5 Å². The molecule has 0 aromatic carbocycles. The molecule has 4 rings (SSSR count). The molecule has 2 atom stereocenters. The standard InChI is InChI=1S/C21H33N3O3.HI/c1-2-10-21(9-1)15-17(8-14-27-21)24-20(23-16-19-6-4-13-26-19)22-11-7-18-5-3-12-25-18;/h3,5,12,17,19H,1-2,4,6-11,13-16H2,(H2,22,23,24);1H. The highest BCUT2D eigenvalue weighted by Crippen LogP contribution is 2.39. The summed E-state index contributed by atoms with van der Waals surface area (Å²) in [6, 6.07) is 4.38. The van der Waals surface area contributed by atoms with Crippen molar-refractivity contribution in [3.63, 3.8) is 0 Å². The van der Waals surface area contributed by atoms with Crippen molar-refractivity contribution in [2.45, 2.75) is 75.5 Å². The molecular formula is C21H34IN3O3. The molecule has 2 aliphatic heterocycles. The highest BCUT2D eigenvalue weighted by atomic mass is 127. The number of nitrogens with zero attached hydrogens (tertiary/aromatic N) is 1. The van der Waals surface area contributed by atoms with E-state index in [1.807, 2.05) is 12.1 Å². The molecule has 3 aliphatic rings. The molecular weight excluding hydrogens is 469 g/mol. The van der Waals surface area contributed by atoms with Crippen molar-refractivity contribution in [3.05, 3.63) is 24.2 Å². The Labute approximate surface area is 185 Å². The Hall–Kier alpha value is -0.800. The summed E-state index contributed by atoms with van der Waals surface area (Å²) in [5.74, 6) is 1.90. The molecule has 0 bridgehead atoms. The van der Waals surface area contributed by atoms with Crippen LogP contribution >= 0.6 is 24.0 Å². The smallest absolute Gasteiger partial charge is 0.191 e. The van der Waals surface area contributed by atoms with E-state index in [4.69, 9.17) is 18.9 Å². The van der Waals surface area contributed by atoms with Crippen LogP contribution < -0.4 is 10.6 Å². The Morgan fingerprint density at radius 2 is 2.07 bits per heavy atom. The second-order valence-corrected chi connectivity index (χ2v) is 8.15. The van der Waals surface area contributed by atoms with Crippen LogP contribution in [0.4, 0.5) is 0 Å². The van der Waals surface area contributed by atoms with Gasteiger partial charge in [0.2, 0.25) is 0 Å². The molecule has 2 N–H and O–H groups in total. The molecule has 0 radical (unpaired) electrons. The molecule has 1 spiro atoms. The van der Waals surface area contributed by atoms with Gasteiger partial charge in [0.25, 0.3) is 0 Å². The Kier molecular flexibility index (Phi) is 8.47. The molecule has 7 heteroatoms. The molecule has 3 fully saturated rings. The molecule has 2 saturated heterocycles. The molecule has 6 nitrogen and oxygen atoms in total. The molecule has 1 aliphatic carbocycles. The zero-order valence-corrected chi connectivity index (χ0v) is 19.0. The van der Waals surface area contributed by atoms with E-state index in [0.29, 0.717) is 6.04 Å². The van der Waals surface area contributed by atoms with Gasteiger partial charge in [-0.15, -0.1) is 24.0 Å². The van der Waals surface area contributed by atoms with Crippen molar-refractivity contribution in [2.24, 2.45) is 4.99 Å². The second kappa shape index (κ2) is 10.8. The third-order valence-electron chi connectivity index (χ3n) is 6.07. The van der Waals surface area contributed by atoms with E-state index in [9.17, 15) is 0 Å². The largest absolute Gasteiger partial charge is 0.469 e. The van der Waals surface area contributed by atoms with Gasteiger partial charge in [0.15, 0.2) is 5.96 Å². The lowest BCUT2D eigenvalue weighted by atomic mass is 9.89. The molecule has 2 unspecified atom stereocenters. The van der Waals surface area contributed by atoms with Gasteiger partial charge >= 0.3 is 0 Å². The first-order chi connectivity index (χ1) is 13.3. The maximum absolute atomic E-state index is 6.18. The van der Waals surface area contributed by atoms with E-state index in [2.05, 4.69) is 10.6 Å². The van der Waals surface area contributed by atoms with Crippen LogP contribution in [-0.2, 0) is 15.9 Å². The average Bonchev–Trinajstić information content (AvgIpc) is 3.43. The molecule has 1 aromatic heterocycles. The van der Waals surface area contributed by atoms with Gasteiger partial charge in [-0.1, -0.05) is 12.8 Å². The average molecular weight is 503 g/mol. The second-order valence-electron chi connectivity index (χ2n) is 8.15. The quantitative estimate of drug-likeness (QED) is 0.353. The highest BCUT2D eigenvalue weighted by Gasteiger charge is 2.40. The van der Waals surface area contributed by atoms with Gasteiger partial charge in [-0.3, -0.25) is 4.99 Å². The van der Waals surface area contributed by atoms with Gasteiger partial charge in [0.05, 0.1) is 24.5 Å². The van der Waals surface area contributed by atoms with Crippen molar-refractivity contribution in [1.29, 1.82) is 0 Å².